The standard InChI is InChI=1S/C25H24FN3O/c26-23-9-3-1-6-21(23)18-29-17-20(22-8-2-4-10-24(22)29)7-5-11-25(30)28-16-19-12-14-27-15-13-19/h1-4,6,8-10,12-15,17H,5,7,11,16,18H2,(H,28,30). The molecule has 5 heteroatoms. The second-order valence-electron chi connectivity index (χ2n) is 7.38. The van der Waals surface area contributed by atoms with Crippen molar-refractivity contribution in [1.29, 1.82) is 0 Å². The van der Waals surface area contributed by atoms with Crippen LogP contribution >= 0.6 is 0 Å². The molecule has 0 bridgehead atoms. The molecule has 0 spiro atoms. The first-order valence-electron chi connectivity index (χ1n) is 10.2. The highest BCUT2D eigenvalue weighted by molar-refractivity contribution is 5.84. The topological polar surface area (TPSA) is 46.9 Å². The van der Waals surface area contributed by atoms with Gasteiger partial charge in [-0.15, -0.1) is 0 Å². The van der Waals surface area contributed by atoms with E-state index in [0.717, 1.165) is 29.3 Å². The average molecular weight is 401 g/mol. The van der Waals surface area contributed by atoms with Crippen LogP contribution in [0.3, 0.4) is 0 Å². The Morgan fingerprint density at radius 2 is 1.73 bits per heavy atom. The van der Waals surface area contributed by atoms with Crippen molar-refractivity contribution in [2.75, 3.05) is 0 Å². The lowest BCUT2D eigenvalue weighted by molar-refractivity contribution is -0.121. The lowest BCUT2D eigenvalue weighted by Gasteiger charge is -2.06. The lowest BCUT2D eigenvalue weighted by atomic mass is 10.1. The Hall–Kier alpha value is -3.47. The molecule has 2 aromatic carbocycles. The first-order chi connectivity index (χ1) is 14.7. The molecule has 1 N–H and O–H groups in total. The third kappa shape index (κ3) is 4.74. The van der Waals surface area contributed by atoms with Gasteiger partial charge >= 0.3 is 0 Å². The summed E-state index contributed by atoms with van der Waals surface area (Å²) in [5.41, 5.74) is 3.97. The minimum absolute atomic E-state index is 0.0434. The number of rotatable bonds is 8. The molecule has 152 valence electrons. The van der Waals surface area contributed by atoms with Gasteiger partial charge in [-0.05, 0) is 48.2 Å². The van der Waals surface area contributed by atoms with E-state index in [0.29, 0.717) is 25.1 Å². The maximum absolute atomic E-state index is 14.1. The number of halogens is 1. The van der Waals surface area contributed by atoms with Gasteiger partial charge in [0.25, 0.3) is 0 Å². The van der Waals surface area contributed by atoms with Crippen molar-refractivity contribution in [3.63, 3.8) is 0 Å². The normalized spacial score (nSPS) is 11.0. The predicted octanol–water partition coefficient (Wildman–Crippen LogP) is 4.86. The van der Waals surface area contributed by atoms with E-state index in [1.165, 1.54) is 11.6 Å². The Bertz CT molecular complexity index is 1140. The number of aryl methyl sites for hydroxylation is 1. The van der Waals surface area contributed by atoms with Crippen LogP contribution < -0.4 is 5.32 Å². The van der Waals surface area contributed by atoms with Gasteiger partial charge in [0.15, 0.2) is 0 Å². The molecular formula is C25H24FN3O. The summed E-state index contributed by atoms with van der Waals surface area (Å²) in [5.74, 6) is -0.149. The summed E-state index contributed by atoms with van der Waals surface area (Å²) in [5, 5.41) is 4.11. The van der Waals surface area contributed by atoms with Gasteiger partial charge < -0.3 is 9.88 Å². The molecule has 0 atom stereocenters. The number of fused-ring (bicyclic) bond motifs is 1. The van der Waals surface area contributed by atoms with E-state index in [4.69, 9.17) is 0 Å². The van der Waals surface area contributed by atoms with Gasteiger partial charge in [-0.1, -0.05) is 36.4 Å². The third-order valence-corrected chi connectivity index (χ3v) is 5.26. The number of amides is 1. The fourth-order valence-electron chi connectivity index (χ4n) is 3.69. The molecule has 0 saturated carbocycles. The summed E-state index contributed by atoms with van der Waals surface area (Å²) >= 11 is 0. The van der Waals surface area contributed by atoms with Crippen LogP contribution in [0.4, 0.5) is 4.39 Å². The molecule has 30 heavy (non-hydrogen) atoms. The molecule has 2 heterocycles. The number of pyridine rings is 1. The molecule has 2 aromatic heterocycles. The summed E-state index contributed by atoms with van der Waals surface area (Å²) in [6.07, 6.45) is 7.56. The summed E-state index contributed by atoms with van der Waals surface area (Å²) in [6, 6.07) is 18.8. The Morgan fingerprint density at radius 3 is 2.57 bits per heavy atom. The van der Waals surface area contributed by atoms with E-state index in [1.54, 1.807) is 18.5 Å². The molecule has 0 unspecified atom stereocenters. The quantitative estimate of drug-likeness (QED) is 0.458. The van der Waals surface area contributed by atoms with E-state index in [-0.39, 0.29) is 11.7 Å². The highest BCUT2D eigenvalue weighted by Gasteiger charge is 2.11. The van der Waals surface area contributed by atoms with Crippen LogP contribution in [0.1, 0.15) is 29.5 Å². The first-order valence-corrected chi connectivity index (χ1v) is 10.2. The van der Waals surface area contributed by atoms with Crippen LogP contribution in [0.5, 0.6) is 0 Å². The van der Waals surface area contributed by atoms with Gasteiger partial charge in [-0.3, -0.25) is 9.78 Å². The summed E-state index contributed by atoms with van der Waals surface area (Å²) in [6.45, 7) is 1.00. The minimum Gasteiger partial charge on any atom is -0.352 e. The molecule has 1 amide bonds. The average Bonchev–Trinajstić information content (AvgIpc) is 3.12. The first kappa shape index (κ1) is 19.8. The Balaban J connectivity index is 1.39. The van der Waals surface area contributed by atoms with Crippen LogP contribution in [0.2, 0.25) is 0 Å². The molecule has 4 aromatic rings. The van der Waals surface area contributed by atoms with Gasteiger partial charge in [-0.2, -0.15) is 0 Å². The maximum atomic E-state index is 14.1. The Labute approximate surface area is 175 Å². The molecule has 0 aliphatic rings. The summed E-state index contributed by atoms with van der Waals surface area (Å²) < 4.78 is 16.2. The van der Waals surface area contributed by atoms with Crippen molar-refractivity contribution in [3.05, 3.63) is 102 Å². The number of nitrogens with zero attached hydrogens (tertiary/aromatic N) is 2. The Kier molecular flexibility index (Phi) is 6.18. The van der Waals surface area contributed by atoms with Gasteiger partial charge in [0.2, 0.25) is 5.91 Å². The third-order valence-electron chi connectivity index (χ3n) is 5.26. The van der Waals surface area contributed by atoms with E-state index >= 15 is 0 Å². The van der Waals surface area contributed by atoms with E-state index in [2.05, 4.69) is 33.2 Å². The van der Waals surface area contributed by atoms with Gasteiger partial charge in [0.1, 0.15) is 5.82 Å². The van der Waals surface area contributed by atoms with Crippen molar-refractivity contribution < 1.29 is 9.18 Å². The number of aromatic nitrogens is 2. The minimum atomic E-state index is -0.192. The molecule has 4 rings (SSSR count). The fraction of sp³-hybridized carbons (Fsp3) is 0.200. The van der Waals surface area contributed by atoms with E-state index in [1.807, 2.05) is 36.4 Å². The van der Waals surface area contributed by atoms with Gasteiger partial charge in [-0.25, -0.2) is 4.39 Å². The molecule has 0 aliphatic heterocycles. The molecule has 0 radical (unpaired) electrons. The largest absolute Gasteiger partial charge is 0.352 e. The van der Waals surface area contributed by atoms with Crippen molar-refractivity contribution in [1.82, 2.24) is 14.9 Å². The highest BCUT2D eigenvalue weighted by atomic mass is 19.1. The number of nitrogens with one attached hydrogen (secondary N) is 1. The zero-order valence-corrected chi connectivity index (χ0v) is 16.7. The summed E-state index contributed by atoms with van der Waals surface area (Å²) in [7, 11) is 0. The maximum Gasteiger partial charge on any atom is 0.220 e. The van der Waals surface area contributed by atoms with Crippen LogP contribution in [0.15, 0.2) is 79.3 Å². The Morgan fingerprint density at radius 1 is 0.967 bits per heavy atom. The van der Waals surface area contributed by atoms with Crippen molar-refractivity contribution in [2.45, 2.75) is 32.4 Å². The monoisotopic (exact) mass is 401 g/mol. The molecular weight excluding hydrogens is 377 g/mol. The zero-order chi connectivity index (χ0) is 20.8. The van der Waals surface area contributed by atoms with Crippen LogP contribution in [-0.2, 0) is 24.3 Å². The SMILES string of the molecule is O=C(CCCc1cn(Cc2ccccc2F)c2ccccc12)NCc1ccncc1. The van der Waals surface area contributed by atoms with E-state index in [9.17, 15) is 9.18 Å². The number of carbonyl (C=O) groups is 1. The molecule has 4 nitrogen and oxygen atoms in total. The highest BCUT2D eigenvalue weighted by Crippen LogP contribution is 2.24. The van der Waals surface area contributed by atoms with Crippen molar-refractivity contribution in [3.8, 4) is 0 Å². The van der Waals surface area contributed by atoms with Crippen molar-refractivity contribution >= 4 is 16.8 Å². The molecule has 0 saturated heterocycles. The van der Waals surface area contributed by atoms with E-state index < -0.39 is 0 Å². The predicted molar refractivity (Wildman–Crippen MR) is 116 cm³/mol. The number of benzene rings is 2. The van der Waals surface area contributed by atoms with Gasteiger partial charge in [0.05, 0.1) is 6.54 Å². The molecule has 0 aliphatic carbocycles. The number of hydrogen-bond donors (Lipinski definition) is 1. The zero-order valence-electron chi connectivity index (χ0n) is 16.7. The number of hydrogen-bond acceptors (Lipinski definition) is 2. The smallest absolute Gasteiger partial charge is 0.220 e. The lowest BCUT2D eigenvalue weighted by Crippen LogP contribution is -2.22. The van der Waals surface area contributed by atoms with Crippen LogP contribution in [-0.4, -0.2) is 15.5 Å². The summed E-state index contributed by atoms with van der Waals surface area (Å²) in [4.78, 5) is 16.2. The number of carbonyl (C=O) groups excluding carboxylic acids is 1. The molecule has 0 fully saturated rings. The van der Waals surface area contributed by atoms with Crippen LogP contribution in [0, 0.1) is 5.82 Å². The fourth-order valence-corrected chi connectivity index (χ4v) is 3.69. The second kappa shape index (κ2) is 9.35. The van der Waals surface area contributed by atoms with Gasteiger partial charge in [0, 0.05) is 48.0 Å². The second-order valence-corrected chi connectivity index (χ2v) is 7.38. The van der Waals surface area contributed by atoms with Crippen LogP contribution in [0.25, 0.3) is 10.9 Å². The number of para-hydroxylation sites is 1. The van der Waals surface area contributed by atoms with Crippen molar-refractivity contribution in [2.24, 2.45) is 0 Å².